The minimum atomic E-state index is -0.310. The van der Waals surface area contributed by atoms with Crippen LogP contribution < -0.4 is 14.8 Å². The summed E-state index contributed by atoms with van der Waals surface area (Å²) >= 11 is 5.96. The zero-order valence-electron chi connectivity index (χ0n) is 12.5. The highest BCUT2D eigenvalue weighted by Crippen LogP contribution is 2.48. The van der Waals surface area contributed by atoms with E-state index in [0.29, 0.717) is 23.8 Å². The number of ether oxygens (including phenoxy) is 2. The number of fused-ring (bicyclic) bond motifs is 1. The van der Waals surface area contributed by atoms with Gasteiger partial charge in [-0.2, -0.15) is 0 Å². The van der Waals surface area contributed by atoms with Crippen LogP contribution in [0.15, 0.2) is 42.5 Å². The van der Waals surface area contributed by atoms with E-state index in [1.807, 2.05) is 18.2 Å². The number of halogens is 1. The summed E-state index contributed by atoms with van der Waals surface area (Å²) in [6.45, 7) is 1.13. The quantitative estimate of drug-likeness (QED) is 0.937. The number of nitrogens with one attached hydrogen (secondary N) is 1. The number of carbonyl (C=O) groups is 1. The molecule has 0 radical (unpaired) electrons. The molecular weight excluding hydrogens is 314 g/mol. The van der Waals surface area contributed by atoms with E-state index in [1.54, 1.807) is 24.3 Å². The van der Waals surface area contributed by atoms with Crippen LogP contribution in [-0.2, 0) is 5.54 Å². The number of hydrogen-bond donors (Lipinski definition) is 1. The maximum absolute atomic E-state index is 12.5. The van der Waals surface area contributed by atoms with E-state index in [1.165, 1.54) is 0 Å². The Kier molecular flexibility index (Phi) is 3.42. The van der Waals surface area contributed by atoms with Gasteiger partial charge in [0.05, 0.1) is 5.54 Å². The molecule has 1 aliphatic carbocycles. The second-order valence-electron chi connectivity index (χ2n) is 5.91. The Balaban J connectivity index is 1.58. The van der Waals surface area contributed by atoms with Crippen molar-refractivity contribution in [2.45, 2.75) is 18.4 Å². The Bertz CT molecular complexity index is 771. The van der Waals surface area contributed by atoms with Crippen LogP contribution in [0.3, 0.4) is 0 Å². The lowest BCUT2D eigenvalue weighted by Gasteiger charge is -2.22. The van der Waals surface area contributed by atoms with Crippen LogP contribution in [0.1, 0.15) is 28.8 Å². The standard InChI is InChI=1S/C18H16ClNO3/c19-14-3-1-2-12(10-14)17(21)20-18(6-7-18)13-4-5-15-16(11-13)23-9-8-22-15/h1-5,10-11H,6-9H2,(H,20,21). The molecule has 0 bridgehead atoms. The van der Waals surface area contributed by atoms with Gasteiger partial charge in [-0.25, -0.2) is 0 Å². The third-order valence-corrected chi connectivity index (χ3v) is 4.52. The highest BCUT2D eigenvalue weighted by Gasteiger charge is 2.46. The van der Waals surface area contributed by atoms with Crippen molar-refractivity contribution in [1.29, 1.82) is 0 Å². The van der Waals surface area contributed by atoms with Crippen molar-refractivity contribution in [1.82, 2.24) is 5.32 Å². The lowest BCUT2D eigenvalue weighted by atomic mass is 10.0. The van der Waals surface area contributed by atoms with Gasteiger partial charge in [0.1, 0.15) is 13.2 Å². The second kappa shape index (κ2) is 5.46. The van der Waals surface area contributed by atoms with E-state index >= 15 is 0 Å². The SMILES string of the molecule is O=C(NC1(c2ccc3c(c2)OCCO3)CC1)c1cccc(Cl)c1. The molecule has 5 heteroatoms. The van der Waals surface area contributed by atoms with Crippen LogP contribution in [0.5, 0.6) is 11.5 Å². The molecule has 1 aliphatic heterocycles. The first kappa shape index (κ1) is 14.4. The summed E-state index contributed by atoms with van der Waals surface area (Å²) in [4.78, 5) is 12.5. The van der Waals surface area contributed by atoms with Crippen molar-refractivity contribution >= 4 is 17.5 Å². The number of rotatable bonds is 3. The fraction of sp³-hybridized carbons (Fsp3) is 0.278. The summed E-state index contributed by atoms with van der Waals surface area (Å²) in [7, 11) is 0. The minimum absolute atomic E-state index is 0.111. The predicted octanol–water partition coefficient (Wildman–Crippen LogP) is 3.53. The molecule has 23 heavy (non-hydrogen) atoms. The van der Waals surface area contributed by atoms with Crippen molar-refractivity contribution in [3.63, 3.8) is 0 Å². The first-order valence-corrected chi connectivity index (χ1v) is 8.02. The molecule has 2 aromatic carbocycles. The van der Waals surface area contributed by atoms with E-state index in [-0.39, 0.29) is 11.4 Å². The molecule has 0 spiro atoms. The van der Waals surface area contributed by atoms with E-state index in [0.717, 1.165) is 29.9 Å². The van der Waals surface area contributed by atoms with Crippen molar-refractivity contribution in [2.24, 2.45) is 0 Å². The van der Waals surface area contributed by atoms with Crippen LogP contribution in [0.2, 0.25) is 5.02 Å². The second-order valence-corrected chi connectivity index (χ2v) is 6.34. The third-order valence-electron chi connectivity index (χ3n) is 4.28. The minimum Gasteiger partial charge on any atom is -0.486 e. The van der Waals surface area contributed by atoms with Crippen molar-refractivity contribution < 1.29 is 14.3 Å². The molecule has 1 N–H and O–H groups in total. The van der Waals surface area contributed by atoms with Gasteiger partial charge in [0.2, 0.25) is 0 Å². The molecule has 0 aromatic heterocycles. The van der Waals surface area contributed by atoms with Crippen LogP contribution in [0.25, 0.3) is 0 Å². The summed E-state index contributed by atoms with van der Waals surface area (Å²) in [5.74, 6) is 1.40. The van der Waals surface area contributed by atoms with Gasteiger partial charge >= 0.3 is 0 Å². The third kappa shape index (κ3) is 2.75. The van der Waals surface area contributed by atoms with Crippen LogP contribution >= 0.6 is 11.6 Å². The molecule has 0 unspecified atom stereocenters. The molecule has 1 amide bonds. The van der Waals surface area contributed by atoms with Gasteiger partial charge in [0, 0.05) is 10.6 Å². The van der Waals surface area contributed by atoms with Gasteiger partial charge in [-0.1, -0.05) is 23.7 Å². The number of carbonyl (C=O) groups excluding carboxylic acids is 1. The highest BCUT2D eigenvalue weighted by molar-refractivity contribution is 6.30. The van der Waals surface area contributed by atoms with Crippen molar-refractivity contribution in [2.75, 3.05) is 13.2 Å². The van der Waals surface area contributed by atoms with Crippen molar-refractivity contribution in [3.8, 4) is 11.5 Å². The molecule has 1 saturated carbocycles. The number of amides is 1. The molecule has 118 valence electrons. The zero-order valence-corrected chi connectivity index (χ0v) is 13.2. The summed E-state index contributed by atoms with van der Waals surface area (Å²) in [6, 6.07) is 12.9. The van der Waals surface area contributed by atoms with Crippen LogP contribution in [0.4, 0.5) is 0 Å². The molecule has 0 atom stereocenters. The summed E-state index contributed by atoms with van der Waals surface area (Å²) < 4.78 is 11.2. The summed E-state index contributed by atoms with van der Waals surface area (Å²) in [6.07, 6.45) is 1.83. The molecule has 4 nitrogen and oxygen atoms in total. The normalized spacial score (nSPS) is 17.4. The molecule has 4 rings (SSSR count). The van der Waals surface area contributed by atoms with E-state index < -0.39 is 0 Å². The highest BCUT2D eigenvalue weighted by atomic mass is 35.5. The van der Waals surface area contributed by atoms with Gasteiger partial charge in [-0.05, 0) is 48.7 Å². The molecule has 0 saturated heterocycles. The molecule has 2 aromatic rings. The van der Waals surface area contributed by atoms with Gasteiger partial charge in [-0.15, -0.1) is 0 Å². The maximum Gasteiger partial charge on any atom is 0.252 e. The van der Waals surface area contributed by atoms with Gasteiger partial charge < -0.3 is 14.8 Å². The Labute approximate surface area is 139 Å². The zero-order chi connectivity index (χ0) is 15.9. The molecule has 2 aliphatic rings. The Morgan fingerprint density at radius 2 is 1.83 bits per heavy atom. The van der Waals surface area contributed by atoms with E-state index in [4.69, 9.17) is 21.1 Å². The van der Waals surface area contributed by atoms with Gasteiger partial charge in [-0.3, -0.25) is 4.79 Å². The monoisotopic (exact) mass is 329 g/mol. The van der Waals surface area contributed by atoms with Gasteiger partial charge in [0.25, 0.3) is 5.91 Å². The number of benzene rings is 2. The smallest absolute Gasteiger partial charge is 0.252 e. The van der Waals surface area contributed by atoms with E-state index in [2.05, 4.69) is 5.32 Å². The lowest BCUT2D eigenvalue weighted by molar-refractivity contribution is 0.0930. The molecule has 1 fully saturated rings. The maximum atomic E-state index is 12.5. The fourth-order valence-corrected chi connectivity index (χ4v) is 3.06. The van der Waals surface area contributed by atoms with Gasteiger partial charge in [0.15, 0.2) is 11.5 Å². The molecule has 1 heterocycles. The van der Waals surface area contributed by atoms with Crippen LogP contribution in [-0.4, -0.2) is 19.1 Å². The Morgan fingerprint density at radius 1 is 1.04 bits per heavy atom. The largest absolute Gasteiger partial charge is 0.486 e. The average molecular weight is 330 g/mol. The van der Waals surface area contributed by atoms with Crippen LogP contribution in [0, 0.1) is 0 Å². The average Bonchev–Trinajstić information content (AvgIpc) is 3.35. The number of hydrogen-bond acceptors (Lipinski definition) is 3. The van der Waals surface area contributed by atoms with Crippen molar-refractivity contribution in [3.05, 3.63) is 58.6 Å². The molecular formula is C18H16ClNO3. The Hall–Kier alpha value is -2.20. The van der Waals surface area contributed by atoms with E-state index in [9.17, 15) is 4.79 Å². The summed E-state index contributed by atoms with van der Waals surface area (Å²) in [5, 5.41) is 3.70. The summed E-state index contributed by atoms with van der Waals surface area (Å²) in [5.41, 5.74) is 1.31. The Morgan fingerprint density at radius 3 is 2.57 bits per heavy atom. The predicted molar refractivity (Wildman–Crippen MR) is 87.3 cm³/mol. The topological polar surface area (TPSA) is 47.6 Å². The lowest BCUT2D eigenvalue weighted by Crippen LogP contribution is -2.35. The first-order valence-electron chi connectivity index (χ1n) is 7.65. The first-order chi connectivity index (χ1) is 11.2. The fourth-order valence-electron chi connectivity index (χ4n) is 2.87.